The molecule has 1 fully saturated rings. The molecular weight excluding hydrogens is 222 g/mol. The number of likely N-dealkylation sites (tertiary alicyclic amines) is 1. The van der Waals surface area contributed by atoms with Crippen LogP contribution in [0, 0.1) is 6.92 Å². The lowest BCUT2D eigenvalue weighted by Gasteiger charge is -2.32. The zero-order valence-corrected chi connectivity index (χ0v) is 11.7. The Morgan fingerprint density at radius 1 is 1.39 bits per heavy atom. The monoisotopic (exact) mass is 247 g/mol. The number of hydrogen-bond donors (Lipinski definition) is 2. The average molecular weight is 247 g/mol. The molecule has 0 spiro atoms. The second kappa shape index (κ2) is 5.29. The third-order valence-electron chi connectivity index (χ3n) is 4.05. The van der Waals surface area contributed by atoms with Crippen molar-refractivity contribution in [3.05, 3.63) is 29.8 Å². The Morgan fingerprint density at radius 3 is 2.67 bits per heavy atom. The first-order chi connectivity index (χ1) is 8.56. The number of para-hydroxylation sites is 1. The summed E-state index contributed by atoms with van der Waals surface area (Å²) < 4.78 is 0. The van der Waals surface area contributed by atoms with Gasteiger partial charge in [0.1, 0.15) is 0 Å². The number of nitrogens with two attached hydrogens (primary N) is 1. The van der Waals surface area contributed by atoms with Crippen molar-refractivity contribution in [3.8, 4) is 0 Å². The number of nitrogens with zero attached hydrogens (tertiary/aromatic N) is 1. The van der Waals surface area contributed by atoms with E-state index < -0.39 is 0 Å². The lowest BCUT2D eigenvalue weighted by molar-refractivity contribution is 0.262. The van der Waals surface area contributed by atoms with Crippen LogP contribution in [0.15, 0.2) is 24.3 Å². The molecule has 3 heteroatoms. The Bertz CT molecular complexity index is 402. The van der Waals surface area contributed by atoms with E-state index in [2.05, 4.69) is 55.3 Å². The van der Waals surface area contributed by atoms with Crippen LogP contribution in [0.1, 0.15) is 25.8 Å². The van der Waals surface area contributed by atoms with Gasteiger partial charge in [-0.2, -0.15) is 0 Å². The summed E-state index contributed by atoms with van der Waals surface area (Å²) in [7, 11) is 0. The van der Waals surface area contributed by atoms with Gasteiger partial charge in [0, 0.05) is 31.4 Å². The summed E-state index contributed by atoms with van der Waals surface area (Å²) in [4.78, 5) is 2.50. The summed E-state index contributed by atoms with van der Waals surface area (Å²) in [6.45, 7) is 9.50. The van der Waals surface area contributed by atoms with Gasteiger partial charge in [-0.3, -0.25) is 4.90 Å². The van der Waals surface area contributed by atoms with E-state index in [4.69, 9.17) is 5.73 Å². The van der Waals surface area contributed by atoms with Crippen molar-refractivity contribution in [2.45, 2.75) is 38.8 Å². The molecule has 3 nitrogen and oxygen atoms in total. The van der Waals surface area contributed by atoms with Crippen LogP contribution in [0.5, 0.6) is 0 Å². The molecule has 1 aliphatic rings. The number of hydrogen-bond acceptors (Lipinski definition) is 3. The molecule has 1 heterocycles. The SMILES string of the molecule is Cc1ccccc1NC1(CN)CCN(C(C)C)C1. The maximum absolute atomic E-state index is 6.04. The smallest absolute Gasteiger partial charge is 0.0634 e. The Morgan fingerprint density at radius 2 is 2.11 bits per heavy atom. The van der Waals surface area contributed by atoms with Gasteiger partial charge in [0.25, 0.3) is 0 Å². The van der Waals surface area contributed by atoms with E-state index in [1.54, 1.807) is 0 Å². The van der Waals surface area contributed by atoms with Crippen molar-refractivity contribution in [1.29, 1.82) is 0 Å². The molecule has 0 aliphatic carbocycles. The molecule has 18 heavy (non-hydrogen) atoms. The van der Waals surface area contributed by atoms with Crippen molar-refractivity contribution in [2.24, 2.45) is 5.73 Å². The van der Waals surface area contributed by atoms with E-state index in [0.717, 1.165) is 19.5 Å². The van der Waals surface area contributed by atoms with Crippen LogP contribution in [-0.4, -0.2) is 36.1 Å². The van der Waals surface area contributed by atoms with Gasteiger partial charge in [-0.05, 0) is 38.8 Å². The predicted octanol–water partition coefficient (Wildman–Crippen LogP) is 2.22. The Balaban J connectivity index is 2.13. The number of benzene rings is 1. The van der Waals surface area contributed by atoms with Crippen LogP contribution in [0.25, 0.3) is 0 Å². The summed E-state index contributed by atoms with van der Waals surface area (Å²) >= 11 is 0. The van der Waals surface area contributed by atoms with Gasteiger partial charge < -0.3 is 11.1 Å². The van der Waals surface area contributed by atoms with Crippen molar-refractivity contribution in [1.82, 2.24) is 4.90 Å². The molecule has 1 saturated heterocycles. The van der Waals surface area contributed by atoms with Crippen molar-refractivity contribution >= 4 is 5.69 Å². The summed E-state index contributed by atoms with van der Waals surface area (Å²) in [6, 6.07) is 9.03. The van der Waals surface area contributed by atoms with E-state index >= 15 is 0 Å². The second-order valence-corrected chi connectivity index (χ2v) is 5.74. The predicted molar refractivity (Wildman–Crippen MR) is 77.9 cm³/mol. The van der Waals surface area contributed by atoms with Crippen LogP contribution in [-0.2, 0) is 0 Å². The van der Waals surface area contributed by atoms with Crippen LogP contribution in [0.3, 0.4) is 0 Å². The third-order valence-corrected chi connectivity index (χ3v) is 4.05. The summed E-state index contributed by atoms with van der Waals surface area (Å²) in [5.74, 6) is 0. The first-order valence-electron chi connectivity index (χ1n) is 6.84. The average Bonchev–Trinajstić information content (AvgIpc) is 2.77. The molecule has 1 aliphatic heterocycles. The van der Waals surface area contributed by atoms with Gasteiger partial charge in [0.15, 0.2) is 0 Å². The van der Waals surface area contributed by atoms with Gasteiger partial charge in [0.05, 0.1) is 5.54 Å². The largest absolute Gasteiger partial charge is 0.377 e. The minimum atomic E-state index is 0.0381. The van der Waals surface area contributed by atoms with Gasteiger partial charge in [-0.15, -0.1) is 0 Å². The Labute approximate surface area is 110 Å². The highest BCUT2D eigenvalue weighted by atomic mass is 15.2. The molecule has 0 aromatic heterocycles. The molecule has 2 rings (SSSR count). The van der Waals surface area contributed by atoms with Crippen LogP contribution in [0.2, 0.25) is 0 Å². The quantitative estimate of drug-likeness (QED) is 0.857. The number of anilines is 1. The molecular formula is C15H25N3. The van der Waals surface area contributed by atoms with Crippen molar-refractivity contribution in [3.63, 3.8) is 0 Å². The van der Waals surface area contributed by atoms with E-state index in [1.807, 2.05) is 0 Å². The molecule has 0 radical (unpaired) electrons. The standard InChI is InChI=1S/C15H25N3/c1-12(2)18-9-8-15(10-16,11-18)17-14-7-5-4-6-13(14)3/h4-7,12,17H,8-11,16H2,1-3H3. The fourth-order valence-corrected chi connectivity index (χ4v) is 2.66. The molecule has 1 atom stereocenters. The summed E-state index contributed by atoms with van der Waals surface area (Å²) in [6.07, 6.45) is 1.12. The lowest BCUT2D eigenvalue weighted by Crippen LogP contribution is -2.48. The second-order valence-electron chi connectivity index (χ2n) is 5.74. The fourth-order valence-electron chi connectivity index (χ4n) is 2.66. The molecule has 0 amide bonds. The minimum Gasteiger partial charge on any atom is -0.377 e. The maximum atomic E-state index is 6.04. The molecule has 3 N–H and O–H groups in total. The molecule has 0 saturated carbocycles. The zero-order valence-electron chi connectivity index (χ0n) is 11.7. The van der Waals surface area contributed by atoms with Crippen LogP contribution < -0.4 is 11.1 Å². The Hall–Kier alpha value is -1.06. The Kier molecular flexibility index (Phi) is 3.93. The molecule has 100 valence electrons. The maximum Gasteiger partial charge on any atom is 0.0634 e. The van der Waals surface area contributed by atoms with Crippen molar-refractivity contribution < 1.29 is 0 Å². The van der Waals surface area contributed by atoms with E-state index in [9.17, 15) is 0 Å². The van der Waals surface area contributed by atoms with E-state index in [0.29, 0.717) is 12.6 Å². The number of nitrogens with one attached hydrogen (secondary N) is 1. The summed E-state index contributed by atoms with van der Waals surface area (Å²) in [5, 5.41) is 3.69. The number of rotatable bonds is 4. The van der Waals surface area contributed by atoms with Crippen LogP contribution >= 0.6 is 0 Å². The van der Waals surface area contributed by atoms with Crippen LogP contribution in [0.4, 0.5) is 5.69 Å². The first kappa shape index (κ1) is 13.4. The fraction of sp³-hybridized carbons (Fsp3) is 0.600. The van der Waals surface area contributed by atoms with Gasteiger partial charge in [-0.1, -0.05) is 18.2 Å². The third kappa shape index (κ3) is 2.68. The van der Waals surface area contributed by atoms with Gasteiger partial charge >= 0.3 is 0 Å². The highest BCUT2D eigenvalue weighted by Gasteiger charge is 2.37. The minimum absolute atomic E-state index is 0.0381. The molecule has 1 aromatic carbocycles. The lowest BCUT2D eigenvalue weighted by atomic mass is 9.97. The summed E-state index contributed by atoms with van der Waals surface area (Å²) in [5.41, 5.74) is 8.58. The topological polar surface area (TPSA) is 41.3 Å². The number of aryl methyl sites for hydroxylation is 1. The van der Waals surface area contributed by atoms with Crippen molar-refractivity contribution in [2.75, 3.05) is 25.0 Å². The highest BCUT2D eigenvalue weighted by molar-refractivity contribution is 5.52. The van der Waals surface area contributed by atoms with Gasteiger partial charge in [-0.25, -0.2) is 0 Å². The zero-order chi connectivity index (χ0) is 13.2. The first-order valence-corrected chi connectivity index (χ1v) is 6.84. The molecule has 0 bridgehead atoms. The van der Waals surface area contributed by atoms with E-state index in [1.165, 1.54) is 11.3 Å². The molecule has 1 unspecified atom stereocenters. The molecule has 1 aromatic rings. The van der Waals surface area contributed by atoms with E-state index in [-0.39, 0.29) is 5.54 Å². The normalized spacial score (nSPS) is 24.7. The van der Waals surface area contributed by atoms with Gasteiger partial charge in [0.2, 0.25) is 0 Å². The highest BCUT2D eigenvalue weighted by Crippen LogP contribution is 2.28.